The summed E-state index contributed by atoms with van der Waals surface area (Å²) in [5.41, 5.74) is 1.90. The number of fused-ring (bicyclic) bond motifs is 1. The molecule has 0 saturated carbocycles. The minimum absolute atomic E-state index is 0.0478. The highest BCUT2D eigenvalue weighted by molar-refractivity contribution is 6.35. The molecule has 0 fully saturated rings. The van der Waals surface area contributed by atoms with E-state index in [-0.39, 0.29) is 18.7 Å². The lowest BCUT2D eigenvalue weighted by atomic mass is 10.3. The van der Waals surface area contributed by atoms with Crippen molar-refractivity contribution in [3.05, 3.63) is 62.1 Å². The van der Waals surface area contributed by atoms with Gasteiger partial charge in [0.2, 0.25) is 0 Å². The van der Waals surface area contributed by atoms with E-state index in [0.717, 1.165) is 11.4 Å². The SMILES string of the molecule is Cc1cc2n(CC(O)COc3ccc(Cl)cc3Cl)c(C)cc(=O)n2n1. The first-order chi connectivity index (χ1) is 11.8. The number of halogens is 2. The van der Waals surface area contributed by atoms with Crippen LogP contribution in [-0.4, -0.2) is 32.0 Å². The van der Waals surface area contributed by atoms with Crippen LogP contribution in [0.5, 0.6) is 5.75 Å². The van der Waals surface area contributed by atoms with Gasteiger partial charge in [-0.05, 0) is 32.0 Å². The third kappa shape index (κ3) is 3.81. The topological polar surface area (TPSA) is 68.8 Å². The zero-order chi connectivity index (χ0) is 18.1. The highest BCUT2D eigenvalue weighted by Gasteiger charge is 2.14. The molecule has 0 spiro atoms. The number of aromatic nitrogens is 3. The van der Waals surface area contributed by atoms with E-state index in [0.29, 0.717) is 21.4 Å². The van der Waals surface area contributed by atoms with Gasteiger partial charge in [0.1, 0.15) is 24.1 Å². The zero-order valence-electron chi connectivity index (χ0n) is 13.7. The second kappa shape index (κ2) is 7.07. The van der Waals surface area contributed by atoms with Crippen molar-refractivity contribution in [2.24, 2.45) is 0 Å². The highest BCUT2D eigenvalue weighted by atomic mass is 35.5. The average molecular weight is 382 g/mol. The number of ether oxygens (including phenoxy) is 1. The van der Waals surface area contributed by atoms with Gasteiger partial charge in [-0.15, -0.1) is 0 Å². The lowest BCUT2D eigenvalue weighted by Crippen LogP contribution is -2.27. The van der Waals surface area contributed by atoms with Crippen molar-refractivity contribution in [3.63, 3.8) is 0 Å². The summed E-state index contributed by atoms with van der Waals surface area (Å²) in [6.07, 6.45) is -0.799. The second-order valence-corrected chi connectivity index (χ2v) is 6.67. The summed E-state index contributed by atoms with van der Waals surface area (Å²) < 4.78 is 8.73. The van der Waals surface area contributed by atoms with Crippen LogP contribution < -0.4 is 10.3 Å². The number of aliphatic hydroxyl groups is 1. The van der Waals surface area contributed by atoms with Crippen LogP contribution >= 0.6 is 23.2 Å². The molecule has 2 heterocycles. The number of nitrogens with zero attached hydrogens (tertiary/aromatic N) is 3. The predicted octanol–water partition coefficient (Wildman–Crippen LogP) is 2.86. The maximum Gasteiger partial charge on any atom is 0.274 e. The molecule has 2 aromatic heterocycles. The van der Waals surface area contributed by atoms with Crippen LogP contribution in [0.1, 0.15) is 11.4 Å². The largest absolute Gasteiger partial charge is 0.489 e. The van der Waals surface area contributed by atoms with E-state index in [2.05, 4.69) is 5.10 Å². The summed E-state index contributed by atoms with van der Waals surface area (Å²) in [5, 5.41) is 15.4. The fourth-order valence-corrected chi connectivity index (χ4v) is 3.08. The molecule has 0 amide bonds. The molecule has 0 aliphatic carbocycles. The van der Waals surface area contributed by atoms with Crippen LogP contribution in [-0.2, 0) is 6.54 Å². The van der Waals surface area contributed by atoms with Gasteiger partial charge in [0.05, 0.1) is 17.3 Å². The van der Waals surface area contributed by atoms with Gasteiger partial charge in [-0.2, -0.15) is 9.61 Å². The molecule has 3 aromatic rings. The molecular weight excluding hydrogens is 365 g/mol. The van der Waals surface area contributed by atoms with Crippen molar-refractivity contribution < 1.29 is 9.84 Å². The monoisotopic (exact) mass is 381 g/mol. The van der Waals surface area contributed by atoms with E-state index in [9.17, 15) is 9.90 Å². The molecule has 1 atom stereocenters. The quantitative estimate of drug-likeness (QED) is 0.737. The standard InChI is InChI=1S/C17H17Cl2N3O3/c1-10-5-16-21(11(2)6-17(24)22(16)20-10)8-13(23)9-25-15-4-3-12(18)7-14(15)19/h3-7,13,23H,8-9H2,1-2H3. The Bertz CT molecular complexity index is 981. The first-order valence-corrected chi connectivity index (χ1v) is 8.43. The Morgan fingerprint density at radius 2 is 2.00 bits per heavy atom. The molecule has 1 N–H and O–H groups in total. The van der Waals surface area contributed by atoms with Crippen LogP contribution in [0.25, 0.3) is 5.65 Å². The summed E-state index contributed by atoms with van der Waals surface area (Å²) in [7, 11) is 0. The molecule has 0 aliphatic rings. The Balaban J connectivity index is 1.78. The van der Waals surface area contributed by atoms with Gasteiger partial charge >= 0.3 is 0 Å². The fraction of sp³-hybridized carbons (Fsp3) is 0.294. The molecule has 0 bridgehead atoms. The molecule has 25 heavy (non-hydrogen) atoms. The number of hydrogen-bond acceptors (Lipinski definition) is 4. The van der Waals surface area contributed by atoms with Crippen LogP contribution in [0, 0.1) is 13.8 Å². The van der Waals surface area contributed by atoms with E-state index in [1.807, 2.05) is 18.4 Å². The van der Waals surface area contributed by atoms with Crippen molar-refractivity contribution in [1.82, 2.24) is 14.2 Å². The molecule has 0 saturated heterocycles. The first kappa shape index (κ1) is 17.8. The maximum atomic E-state index is 12.0. The summed E-state index contributed by atoms with van der Waals surface area (Å²) in [6.45, 7) is 3.93. The van der Waals surface area contributed by atoms with Crippen LogP contribution in [0.3, 0.4) is 0 Å². The third-order valence-electron chi connectivity index (χ3n) is 3.77. The average Bonchev–Trinajstić information content (AvgIpc) is 2.93. The molecule has 1 unspecified atom stereocenters. The minimum atomic E-state index is -0.799. The van der Waals surface area contributed by atoms with Crippen molar-refractivity contribution in [1.29, 1.82) is 0 Å². The number of aliphatic hydroxyl groups excluding tert-OH is 1. The fourth-order valence-electron chi connectivity index (χ4n) is 2.62. The highest BCUT2D eigenvalue weighted by Crippen LogP contribution is 2.27. The van der Waals surface area contributed by atoms with Crippen molar-refractivity contribution >= 4 is 28.8 Å². The van der Waals surface area contributed by atoms with Crippen molar-refractivity contribution in [2.75, 3.05) is 6.61 Å². The summed E-state index contributed by atoms with van der Waals surface area (Å²) in [5.74, 6) is 0.451. The van der Waals surface area contributed by atoms with Gasteiger partial charge in [0.15, 0.2) is 0 Å². The Morgan fingerprint density at radius 1 is 1.24 bits per heavy atom. The van der Waals surface area contributed by atoms with Crippen molar-refractivity contribution in [2.45, 2.75) is 26.5 Å². The Kier molecular flexibility index (Phi) is 5.03. The molecule has 8 heteroatoms. The van der Waals surface area contributed by atoms with Gasteiger partial charge in [-0.1, -0.05) is 23.2 Å². The normalized spacial score (nSPS) is 12.5. The first-order valence-electron chi connectivity index (χ1n) is 7.68. The van der Waals surface area contributed by atoms with E-state index in [1.54, 1.807) is 24.3 Å². The molecular formula is C17H17Cl2N3O3. The summed E-state index contributed by atoms with van der Waals surface area (Å²) >= 11 is 11.9. The molecule has 1 aromatic carbocycles. The number of benzene rings is 1. The molecule has 3 rings (SSSR count). The second-order valence-electron chi connectivity index (χ2n) is 5.83. The zero-order valence-corrected chi connectivity index (χ0v) is 15.3. The third-order valence-corrected chi connectivity index (χ3v) is 4.31. The van der Waals surface area contributed by atoms with E-state index in [1.165, 1.54) is 10.6 Å². The molecule has 132 valence electrons. The van der Waals surface area contributed by atoms with Gasteiger partial charge < -0.3 is 14.4 Å². The maximum absolute atomic E-state index is 12.0. The Hall–Kier alpha value is -2.02. The van der Waals surface area contributed by atoms with E-state index in [4.69, 9.17) is 27.9 Å². The van der Waals surface area contributed by atoms with E-state index >= 15 is 0 Å². The van der Waals surface area contributed by atoms with Gasteiger partial charge in [-0.3, -0.25) is 4.79 Å². The Morgan fingerprint density at radius 3 is 2.72 bits per heavy atom. The molecule has 0 aliphatic heterocycles. The predicted molar refractivity (Wildman–Crippen MR) is 96.9 cm³/mol. The smallest absolute Gasteiger partial charge is 0.274 e. The van der Waals surface area contributed by atoms with Gasteiger partial charge in [-0.25, -0.2) is 0 Å². The van der Waals surface area contributed by atoms with Crippen LogP contribution in [0.4, 0.5) is 0 Å². The van der Waals surface area contributed by atoms with Crippen LogP contribution in [0.2, 0.25) is 10.0 Å². The number of hydrogen-bond donors (Lipinski definition) is 1. The number of aryl methyl sites for hydroxylation is 2. The lowest BCUT2D eigenvalue weighted by Gasteiger charge is -2.18. The van der Waals surface area contributed by atoms with Crippen molar-refractivity contribution in [3.8, 4) is 5.75 Å². The number of rotatable bonds is 5. The minimum Gasteiger partial charge on any atom is -0.489 e. The summed E-state index contributed by atoms with van der Waals surface area (Å²) in [4.78, 5) is 12.0. The molecule has 0 radical (unpaired) electrons. The van der Waals surface area contributed by atoms with Crippen LogP contribution in [0.15, 0.2) is 35.1 Å². The Labute approximate surface area is 154 Å². The van der Waals surface area contributed by atoms with E-state index < -0.39 is 6.10 Å². The van der Waals surface area contributed by atoms with Gasteiger partial charge in [0, 0.05) is 22.8 Å². The molecule has 6 nitrogen and oxygen atoms in total. The van der Waals surface area contributed by atoms with Gasteiger partial charge in [0.25, 0.3) is 5.56 Å². The lowest BCUT2D eigenvalue weighted by molar-refractivity contribution is 0.0927. The summed E-state index contributed by atoms with van der Waals surface area (Å²) in [6, 6.07) is 8.19.